The number of anilines is 1. The first-order chi connectivity index (χ1) is 16.1. The van der Waals surface area contributed by atoms with Crippen molar-refractivity contribution < 1.29 is 14.3 Å². The Balaban J connectivity index is 1.57. The molecule has 0 bridgehead atoms. The molecule has 1 saturated heterocycles. The van der Waals surface area contributed by atoms with Crippen LogP contribution < -0.4 is 9.64 Å². The van der Waals surface area contributed by atoms with Gasteiger partial charge in [0.15, 0.2) is 0 Å². The van der Waals surface area contributed by atoms with E-state index >= 15 is 0 Å². The second-order valence-corrected chi connectivity index (χ2v) is 8.26. The minimum Gasteiger partial charge on any atom is -0.489 e. The van der Waals surface area contributed by atoms with Gasteiger partial charge in [-0.15, -0.1) is 6.58 Å². The van der Waals surface area contributed by atoms with E-state index in [0.29, 0.717) is 28.3 Å². The maximum atomic E-state index is 12.9. The first kappa shape index (κ1) is 22.1. The molecule has 3 aromatic carbocycles. The lowest BCUT2D eigenvalue weighted by Gasteiger charge is -2.13. The monoisotopic (exact) mass is 452 g/mol. The van der Waals surface area contributed by atoms with Gasteiger partial charge in [-0.25, -0.2) is 4.90 Å². The molecule has 6 heteroatoms. The van der Waals surface area contributed by atoms with E-state index in [1.54, 1.807) is 42.5 Å². The molecule has 162 valence electrons. The largest absolute Gasteiger partial charge is 0.489 e. The molecule has 4 rings (SSSR count). The zero-order valence-corrected chi connectivity index (χ0v) is 18.5. The number of imide groups is 1. The van der Waals surface area contributed by atoms with Crippen molar-refractivity contribution in [2.24, 2.45) is 0 Å². The third-order valence-electron chi connectivity index (χ3n) is 5.08. The summed E-state index contributed by atoms with van der Waals surface area (Å²) in [4.78, 5) is 26.9. The maximum absolute atomic E-state index is 12.9. The number of carbonyl (C=O) groups excluding carboxylic acids is 2. The highest BCUT2D eigenvalue weighted by molar-refractivity contribution is 8.19. The van der Waals surface area contributed by atoms with Crippen LogP contribution in [0, 0.1) is 11.3 Å². The standard InChI is InChI=1S/C27H20N2O3S/c1-2-8-20-15-19(13-14-24(20)32-18-22-10-7-6-9-21(22)17-28)16-25-26(30)29(27(31)33-25)23-11-4-3-5-12-23/h2-7,9-16H,1,8,18H2/b25-16-. The maximum Gasteiger partial charge on any atom is 0.298 e. The molecule has 0 aromatic heterocycles. The van der Waals surface area contributed by atoms with Crippen LogP contribution in [0.15, 0.2) is 90.4 Å². The van der Waals surface area contributed by atoms with E-state index in [9.17, 15) is 14.9 Å². The highest BCUT2D eigenvalue weighted by atomic mass is 32.2. The average Bonchev–Trinajstić information content (AvgIpc) is 3.12. The minimum atomic E-state index is -0.338. The lowest BCUT2D eigenvalue weighted by Crippen LogP contribution is -2.27. The molecule has 5 nitrogen and oxygen atoms in total. The second-order valence-electron chi connectivity index (χ2n) is 7.27. The minimum absolute atomic E-state index is 0.267. The highest BCUT2D eigenvalue weighted by Crippen LogP contribution is 2.36. The van der Waals surface area contributed by atoms with Crippen LogP contribution >= 0.6 is 11.8 Å². The summed E-state index contributed by atoms with van der Waals surface area (Å²) in [7, 11) is 0. The molecule has 0 aliphatic carbocycles. The number of hydrogen-bond donors (Lipinski definition) is 0. The van der Waals surface area contributed by atoms with Crippen LogP contribution in [-0.2, 0) is 17.8 Å². The smallest absolute Gasteiger partial charge is 0.298 e. The molecule has 2 amide bonds. The highest BCUT2D eigenvalue weighted by Gasteiger charge is 2.36. The molecule has 1 aliphatic heterocycles. The van der Waals surface area contributed by atoms with Crippen LogP contribution in [0.25, 0.3) is 6.08 Å². The Labute approximate surface area is 196 Å². The van der Waals surface area contributed by atoms with Gasteiger partial charge < -0.3 is 4.74 Å². The molecule has 1 heterocycles. The number of para-hydroxylation sites is 1. The summed E-state index contributed by atoms with van der Waals surface area (Å²) in [5.74, 6) is 0.340. The normalized spacial score (nSPS) is 14.4. The average molecular weight is 453 g/mol. The van der Waals surface area contributed by atoms with E-state index in [2.05, 4.69) is 12.6 Å². The van der Waals surface area contributed by atoms with Gasteiger partial charge in [-0.2, -0.15) is 5.26 Å². The summed E-state index contributed by atoms with van der Waals surface area (Å²) >= 11 is 0.923. The molecule has 3 aromatic rings. The van der Waals surface area contributed by atoms with Gasteiger partial charge in [0.1, 0.15) is 12.4 Å². The lowest BCUT2D eigenvalue weighted by atomic mass is 10.1. The second kappa shape index (κ2) is 10.0. The summed E-state index contributed by atoms with van der Waals surface area (Å²) in [6.07, 6.45) is 4.07. The van der Waals surface area contributed by atoms with Crippen molar-refractivity contribution in [1.29, 1.82) is 5.26 Å². The van der Waals surface area contributed by atoms with E-state index in [1.807, 2.05) is 42.5 Å². The molecule has 0 radical (unpaired) electrons. The Hall–Kier alpha value is -4.08. The van der Waals surface area contributed by atoms with Gasteiger partial charge in [0.25, 0.3) is 11.1 Å². The summed E-state index contributed by atoms with van der Waals surface area (Å²) < 4.78 is 6.00. The van der Waals surface area contributed by atoms with Gasteiger partial charge in [-0.05, 0) is 65.7 Å². The third-order valence-corrected chi connectivity index (χ3v) is 5.95. The molecular formula is C27H20N2O3S. The zero-order chi connectivity index (χ0) is 23.2. The fraction of sp³-hybridized carbons (Fsp3) is 0.0741. The van der Waals surface area contributed by atoms with Gasteiger partial charge >= 0.3 is 0 Å². The van der Waals surface area contributed by atoms with Crippen LogP contribution in [0.5, 0.6) is 5.75 Å². The van der Waals surface area contributed by atoms with E-state index in [4.69, 9.17) is 4.74 Å². The van der Waals surface area contributed by atoms with Crippen LogP contribution in [0.2, 0.25) is 0 Å². The number of amides is 2. The van der Waals surface area contributed by atoms with E-state index in [-0.39, 0.29) is 17.8 Å². The number of allylic oxidation sites excluding steroid dienone is 1. The fourth-order valence-electron chi connectivity index (χ4n) is 3.47. The summed E-state index contributed by atoms with van der Waals surface area (Å²) in [5.41, 5.74) is 3.62. The van der Waals surface area contributed by atoms with Crippen LogP contribution in [0.1, 0.15) is 22.3 Å². The molecule has 1 fully saturated rings. The number of hydrogen-bond acceptors (Lipinski definition) is 5. The number of nitrogens with zero attached hydrogens (tertiary/aromatic N) is 2. The molecule has 0 spiro atoms. The SMILES string of the molecule is C=CCc1cc(/C=C2\SC(=O)N(c3ccccc3)C2=O)ccc1OCc1ccccc1C#N. The van der Waals surface area contributed by atoms with Crippen molar-refractivity contribution in [3.63, 3.8) is 0 Å². The fourth-order valence-corrected chi connectivity index (χ4v) is 4.32. The number of benzene rings is 3. The summed E-state index contributed by atoms with van der Waals surface area (Å²) in [6, 6.07) is 24.0. The Morgan fingerprint density at radius 1 is 1.00 bits per heavy atom. The first-order valence-corrected chi connectivity index (χ1v) is 11.1. The number of ether oxygens (including phenoxy) is 1. The van der Waals surface area contributed by atoms with Gasteiger partial charge in [0, 0.05) is 5.56 Å². The summed E-state index contributed by atoms with van der Waals surface area (Å²) in [6.45, 7) is 4.08. The number of carbonyl (C=O) groups is 2. The Morgan fingerprint density at radius 3 is 2.52 bits per heavy atom. The van der Waals surface area contributed by atoms with Crippen molar-refractivity contribution in [2.75, 3.05) is 4.90 Å². The molecule has 1 aliphatic rings. The van der Waals surface area contributed by atoms with Crippen molar-refractivity contribution >= 4 is 34.7 Å². The molecule has 0 atom stereocenters. The van der Waals surface area contributed by atoms with E-state index in [0.717, 1.165) is 28.5 Å². The lowest BCUT2D eigenvalue weighted by molar-refractivity contribution is -0.113. The number of rotatable bonds is 7. The van der Waals surface area contributed by atoms with Crippen LogP contribution in [0.4, 0.5) is 10.5 Å². The molecular weight excluding hydrogens is 432 g/mol. The predicted molar refractivity (Wildman–Crippen MR) is 131 cm³/mol. The van der Waals surface area contributed by atoms with Crippen molar-refractivity contribution in [1.82, 2.24) is 0 Å². The zero-order valence-electron chi connectivity index (χ0n) is 17.7. The summed E-state index contributed by atoms with van der Waals surface area (Å²) in [5, 5.41) is 8.96. The number of thioether (sulfide) groups is 1. The van der Waals surface area contributed by atoms with Gasteiger partial charge in [0.05, 0.1) is 22.2 Å². The number of nitriles is 1. The van der Waals surface area contributed by atoms with Gasteiger partial charge in [-0.3, -0.25) is 9.59 Å². The Morgan fingerprint density at radius 2 is 1.76 bits per heavy atom. The van der Waals surface area contributed by atoms with Crippen LogP contribution in [0.3, 0.4) is 0 Å². The van der Waals surface area contributed by atoms with E-state index < -0.39 is 0 Å². The quantitative estimate of drug-likeness (QED) is 0.320. The van der Waals surface area contributed by atoms with Crippen molar-refractivity contribution in [3.8, 4) is 11.8 Å². The molecule has 0 N–H and O–H groups in total. The predicted octanol–water partition coefficient (Wildman–Crippen LogP) is 6.11. The Kier molecular flexibility index (Phi) is 6.72. The van der Waals surface area contributed by atoms with Gasteiger partial charge in [0.2, 0.25) is 0 Å². The van der Waals surface area contributed by atoms with Crippen molar-refractivity contribution in [3.05, 3.63) is 113 Å². The molecule has 0 unspecified atom stereocenters. The van der Waals surface area contributed by atoms with Gasteiger partial charge in [-0.1, -0.05) is 48.5 Å². The first-order valence-electron chi connectivity index (χ1n) is 10.3. The Bertz CT molecular complexity index is 1290. The van der Waals surface area contributed by atoms with Crippen LogP contribution in [-0.4, -0.2) is 11.1 Å². The molecule has 33 heavy (non-hydrogen) atoms. The molecule has 0 saturated carbocycles. The topological polar surface area (TPSA) is 70.4 Å². The van der Waals surface area contributed by atoms with E-state index in [1.165, 1.54) is 4.90 Å². The van der Waals surface area contributed by atoms with Crippen molar-refractivity contribution in [2.45, 2.75) is 13.0 Å². The third kappa shape index (κ3) is 4.89.